The fourth-order valence-corrected chi connectivity index (χ4v) is 5.15. The van der Waals surface area contributed by atoms with E-state index in [1.54, 1.807) is 12.1 Å². The topological polar surface area (TPSA) is 37.4 Å². The van der Waals surface area contributed by atoms with Gasteiger partial charge in [-0.3, -0.25) is 0 Å². The molecule has 2 amide bonds. The van der Waals surface area contributed by atoms with E-state index in [-0.39, 0.29) is 17.9 Å². The van der Waals surface area contributed by atoms with Crippen LogP contribution in [0, 0.1) is 0 Å². The third-order valence-corrected chi connectivity index (χ3v) is 6.47. The van der Waals surface area contributed by atoms with Gasteiger partial charge in [0.1, 0.15) is 0 Å². The molecule has 1 aliphatic rings. The molecular weight excluding hydrogens is 365 g/mol. The van der Waals surface area contributed by atoms with Gasteiger partial charge in [-0.05, 0) is 0 Å². The summed E-state index contributed by atoms with van der Waals surface area (Å²) in [6.07, 6.45) is 2.72. The van der Waals surface area contributed by atoms with Crippen molar-refractivity contribution in [3.63, 3.8) is 0 Å². The number of benzene rings is 2. The first kappa shape index (κ1) is 16.9. The summed E-state index contributed by atoms with van der Waals surface area (Å²) < 4.78 is 1.36. The molecule has 0 spiro atoms. The molecule has 1 aliphatic heterocycles. The van der Waals surface area contributed by atoms with Crippen LogP contribution in [0.15, 0.2) is 54.6 Å². The molecule has 0 aromatic heterocycles. The molecule has 0 fully saturated rings. The summed E-state index contributed by atoms with van der Waals surface area (Å²) >= 11 is 0.381. The second-order valence-electron chi connectivity index (χ2n) is 5.92. The zero-order valence-electron chi connectivity index (χ0n) is 13.8. The second kappa shape index (κ2) is 7.78. The molecule has 1 atom stereocenters. The molecule has 124 valence electrons. The van der Waals surface area contributed by atoms with Gasteiger partial charge in [-0.15, -0.1) is 0 Å². The van der Waals surface area contributed by atoms with Gasteiger partial charge in [-0.1, -0.05) is 0 Å². The Bertz CT molecular complexity index is 694. The summed E-state index contributed by atoms with van der Waals surface area (Å²) in [5.74, 6) is -0.248. The minimum atomic E-state index is -0.124. The Labute approximate surface area is 149 Å². The number of imide groups is 1. The molecule has 2 aromatic rings. The van der Waals surface area contributed by atoms with Gasteiger partial charge in [0.25, 0.3) is 0 Å². The van der Waals surface area contributed by atoms with Crippen molar-refractivity contribution in [2.24, 2.45) is 0 Å². The van der Waals surface area contributed by atoms with Crippen molar-refractivity contribution in [1.29, 1.82) is 0 Å². The summed E-state index contributed by atoms with van der Waals surface area (Å²) in [5, 5.41) is 1.04. The van der Waals surface area contributed by atoms with E-state index in [2.05, 4.69) is 31.2 Å². The first-order valence-electron chi connectivity index (χ1n) is 8.37. The normalized spacial score (nSPS) is 14.8. The number of hydrogen-bond donors (Lipinski definition) is 0. The van der Waals surface area contributed by atoms with Crippen molar-refractivity contribution in [2.45, 2.75) is 37.5 Å². The molecule has 2 aromatic carbocycles. The molecule has 0 bridgehead atoms. The van der Waals surface area contributed by atoms with Crippen molar-refractivity contribution in [3.8, 4) is 0 Å². The van der Waals surface area contributed by atoms with Gasteiger partial charge in [0.15, 0.2) is 0 Å². The predicted octanol–water partition coefficient (Wildman–Crippen LogP) is 3.29. The molecule has 0 saturated heterocycles. The maximum atomic E-state index is 12.7. The number of fused-ring (bicyclic) bond motifs is 1. The summed E-state index contributed by atoms with van der Waals surface area (Å²) in [6, 6.07) is 17.6. The van der Waals surface area contributed by atoms with Crippen molar-refractivity contribution in [3.05, 3.63) is 65.7 Å². The quantitative estimate of drug-likeness (QED) is 0.541. The van der Waals surface area contributed by atoms with Crippen molar-refractivity contribution in [1.82, 2.24) is 4.90 Å². The Morgan fingerprint density at radius 3 is 2.04 bits per heavy atom. The van der Waals surface area contributed by atoms with Crippen molar-refractivity contribution >= 4 is 31.2 Å². The van der Waals surface area contributed by atoms with E-state index < -0.39 is 0 Å². The summed E-state index contributed by atoms with van der Waals surface area (Å²) in [5.41, 5.74) is 1.11. The number of rotatable bonds is 7. The average molecular weight is 386 g/mol. The van der Waals surface area contributed by atoms with Gasteiger partial charge in [0.2, 0.25) is 0 Å². The molecule has 0 aliphatic carbocycles. The van der Waals surface area contributed by atoms with Crippen LogP contribution in [-0.2, 0) is 0 Å². The van der Waals surface area contributed by atoms with Gasteiger partial charge in [0, 0.05) is 0 Å². The Kier molecular flexibility index (Phi) is 5.49. The van der Waals surface area contributed by atoms with Crippen LogP contribution in [0.5, 0.6) is 0 Å². The van der Waals surface area contributed by atoms with E-state index >= 15 is 0 Å². The fraction of sp³-hybridized carbons (Fsp3) is 0.300. The third kappa shape index (κ3) is 3.45. The molecule has 0 radical (unpaired) electrons. The summed E-state index contributed by atoms with van der Waals surface area (Å²) in [6.45, 7) is 2.10. The van der Waals surface area contributed by atoms with Crippen molar-refractivity contribution < 1.29 is 9.59 Å². The molecule has 0 N–H and O–H groups in total. The number of amides is 2. The molecule has 1 unspecified atom stereocenters. The Morgan fingerprint density at radius 1 is 0.875 bits per heavy atom. The molecule has 1 heterocycles. The van der Waals surface area contributed by atoms with Crippen LogP contribution in [0.2, 0.25) is 5.32 Å². The number of hydrogen-bond acceptors (Lipinski definition) is 2. The van der Waals surface area contributed by atoms with Crippen LogP contribution in [-0.4, -0.2) is 37.7 Å². The molecule has 3 nitrogen and oxygen atoms in total. The van der Waals surface area contributed by atoms with Crippen LogP contribution in [0.25, 0.3) is 0 Å². The van der Waals surface area contributed by atoms with E-state index in [1.807, 2.05) is 18.2 Å². The van der Waals surface area contributed by atoms with Crippen molar-refractivity contribution in [2.75, 3.05) is 0 Å². The first-order chi connectivity index (χ1) is 11.7. The zero-order valence-corrected chi connectivity index (χ0v) is 15.5. The zero-order chi connectivity index (χ0) is 16.9. The maximum absolute atomic E-state index is 12.7. The van der Waals surface area contributed by atoms with Crippen LogP contribution in [0.1, 0.15) is 46.9 Å². The molecule has 0 saturated carbocycles. The number of nitrogens with zero attached hydrogens (tertiary/aromatic N) is 1. The molecule has 24 heavy (non-hydrogen) atoms. The number of carbonyl (C=O) groups is 2. The van der Waals surface area contributed by atoms with E-state index in [4.69, 9.17) is 0 Å². The standard InChI is InChI=1S/C20H21NO2Se/c1-2-8-15(13-14-24-16-9-4-3-5-10-16)21-19(22)17-11-6-7-12-18(17)20(21)23/h3-7,9-12,15H,2,8,13-14H2,1H3. The van der Waals surface area contributed by atoms with Gasteiger partial charge in [0.05, 0.1) is 0 Å². The Hall–Kier alpha value is -1.90. The molecule has 3 rings (SSSR count). The van der Waals surface area contributed by atoms with E-state index in [0.29, 0.717) is 26.1 Å². The Balaban J connectivity index is 1.70. The third-order valence-electron chi connectivity index (χ3n) is 4.28. The van der Waals surface area contributed by atoms with E-state index in [0.717, 1.165) is 24.6 Å². The SMILES string of the molecule is CCCC(CC[Se]c1ccccc1)N1C(=O)c2ccccc2C1=O. The summed E-state index contributed by atoms with van der Waals surface area (Å²) in [7, 11) is 0. The van der Waals surface area contributed by atoms with Gasteiger partial charge in [-0.2, -0.15) is 0 Å². The molecular formula is C20H21NO2Se. The summed E-state index contributed by atoms with van der Waals surface area (Å²) in [4.78, 5) is 26.8. The average Bonchev–Trinajstić information content (AvgIpc) is 2.87. The van der Waals surface area contributed by atoms with Crippen LogP contribution in [0.4, 0.5) is 0 Å². The monoisotopic (exact) mass is 387 g/mol. The van der Waals surface area contributed by atoms with Crippen LogP contribution >= 0.6 is 0 Å². The van der Waals surface area contributed by atoms with Gasteiger partial charge < -0.3 is 0 Å². The second-order valence-corrected chi connectivity index (χ2v) is 8.37. The van der Waals surface area contributed by atoms with E-state index in [9.17, 15) is 9.59 Å². The van der Waals surface area contributed by atoms with Crippen LogP contribution in [0.3, 0.4) is 0 Å². The van der Waals surface area contributed by atoms with E-state index in [1.165, 1.54) is 9.36 Å². The minimum absolute atomic E-state index is 0.00740. The Morgan fingerprint density at radius 2 is 1.46 bits per heavy atom. The fourth-order valence-electron chi connectivity index (χ4n) is 3.10. The molecule has 4 heteroatoms. The van der Waals surface area contributed by atoms with Crippen LogP contribution < -0.4 is 4.46 Å². The van der Waals surface area contributed by atoms with Gasteiger partial charge >= 0.3 is 149 Å². The van der Waals surface area contributed by atoms with Gasteiger partial charge in [-0.25, -0.2) is 0 Å². The number of carbonyl (C=O) groups excluding carboxylic acids is 2. The first-order valence-corrected chi connectivity index (χ1v) is 10.4. The predicted molar refractivity (Wildman–Crippen MR) is 96.9 cm³/mol.